The van der Waals surface area contributed by atoms with Gasteiger partial charge in [-0.15, -0.1) is 0 Å². The molecule has 0 unspecified atom stereocenters. The van der Waals surface area contributed by atoms with Gasteiger partial charge in [-0.05, 0) is 34.1 Å². The van der Waals surface area contributed by atoms with E-state index in [-0.39, 0.29) is 4.75 Å². The molecular weight excluding hydrogens is 184 g/mol. The van der Waals surface area contributed by atoms with E-state index in [1.54, 1.807) is 6.92 Å². The Morgan fingerprint density at radius 3 is 2.08 bits per heavy atom. The molecule has 0 heterocycles. The molecule has 0 saturated carbocycles. The summed E-state index contributed by atoms with van der Waals surface area (Å²) in [6.07, 6.45) is 0.644. The number of rotatable bonds is 3. The lowest BCUT2D eigenvalue weighted by Crippen LogP contribution is -2.46. The van der Waals surface area contributed by atoms with Crippen LogP contribution in [0.2, 0.25) is 0 Å². The van der Waals surface area contributed by atoms with Crippen molar-refractivity contribution in [3.8, 4) is 6.07 Å². The largest absolute Gasteiger partial charge is 0.242 e. The molecule has 0 aromatic heterocycles. The predicted octanol–water partition coefficient (Wildman–Crippen LogP) is 1.73. The number of hydrogen-bond acceptors (Lipinski definition) is 2. The van der Waals surface area contributed by atoms with E-state index in [4.69, 9.17) is 5.26 Å². The van der Waals surface area contributed by atoms with Crippen molar-refractivity contribution in [2.75, 3.05) is 0 Å². The Hall–Kier alpha value is -0.400. The minimum atomic E-state index is -1.18. The molecule has 0 fully saturated rings. The number of hydrogen-bond donors (Lipinski definition) is 1. The van der Waals surface area contributed by atoms with Crippen LogP contribution in [0.15, 0.2) is 0 Å². The standard InChI is InChI=1S/C9H18N2OS/c1-6-9(5,7-10)11-13(12)8(2,3)4/h11H,6H2,1-5H3/t9-,13+/m0/s1. The van der Waals surface area contributed by atoms with E-state index < -0.39 is 16.5 Å². The summed E-state index contributed by atoms with van der Waals surface area (Å²) in [5.74, 6) is 0. The minimum Gasteiger partial charge on any atom is -0.242 e. The molecule has 0 aromatic rings. The highest BCUT2D eigenvalue weighted by molar-refractivity contribution is 7.84. The first-order valence-electron chi connectivity index (χ1n) is 4.36. The number of nitriles is 1. The highest BCUT2D eigenvalue weighted by atomic mass is 32.2. The summed E-state index contributed by atoms with van der Waals surface area (Å²) in [4.78, 5) is 0. The Labute approximate surface area is 83.1 Å². The Kier molecular flexibility index (Phi) is 4.08. The molecule has 0 radical (unpaired) electrons. The molecule has 0 aliphatic heterocycles. The van der Waals surface area contributed by atoms with Crippen LogP contribution in [-0.2, 0) is 11.0 Å². The van der Waals surface area contributed by atoms with Gasteiger partial charge >= 0.3 is 0 Å². The third kappa shape index (κ3) is 3.88. The van der Waals surface area contributed by atoms with Gasteiger partial charge in [0.25, 0.3) is 0 Å². The van der Waals surface area contributed by atoms with E-state index in [1.807, 2.05) is 27.7 Å². The Balaban J connectivity index is 4.47. The third-order valence-electron chi connectivity index (χ3n) is 1.83. The second-order valence-corrected chi connectivity index (χ2v) is 6.25. The summed E-state index contributed by atoms with van der Waals surface area (Å²) in [5.41, 5.74) is -0.682. The quantitative estimate of drug-likeness (QED) is 0.757. The first kappa shape index (κ1) is 12.6. The second-order valence-electron chi connectivity index (χ2n) is 4.28. The van der Waals surface area contributed by atoms with Gasteiger partial charge in [-0.25, -0.2) is 8.93 Å². The van der Waals surface area contributed by atoms with Crippen LogP contribution >= 0.6 is 0 Å². The van der Waals surface area contributed by atoms with E-state index in [0.29, 0.717) is 6.42 Å². The van der Waals surface area contributed by atoms with E-state index >= 15 is 0 Å². The lowest BCUT2D eigenvalue weighted by atomic mass is 10.0. The van der Waals surface area contributed by atoms with Crippen LogP contribution in [0.4, 0.5) is 0 Å². The van der Waals surface area contributed by atoms with Gasteiger partial charge in [-0.3, -0.25) is 0 Å². The number of nitrogens with zero attached hydrogens (tertiary/aromatic N) is 1. The zero-order valence-corrected chi connectivity index (χ0v) is 9.79. The fraction of sp³-hybridized carbons (Fsp3) is 0.889. The van der Waals surface area contributed by atoms with Crippen LogP contribution in [-0.4, -0.2) is 14.5 Å². The summed E-state index contributed by atoms with van der Waals surface area (Å²) < 4.78 is 14.2. The van der Waals surface area contributed by atoms with Crippen molar-refractivity contribution in [3.05, 3.63) is 0 Å². The average molecular weight is 202 g/mol. The molecule has 13 heavy (non-hydrogen) atoms. The van der Waals surface area contributed by atoms with Crippen molar-refractivity contribution >= 4 is 11.0 Å². The first-order chi connectivity index (χ1) is 5.75. The smallest absolute Gasteiger partial charge is 0.114 e. The minimum absolute atomic E-state index is 0.326. The molecule has 0 spiro atoms. The summed E-state index contributed by atoms with van der Waals surface area (Å²) in [6, 6.07) is 2.13. The molecule has 4 heteroatoms. The van der Waals surface area contributed by atoms with Crippen LogP contribution in [0, 0.1) is 11.3 Å². The molecule has 0 amide bonds. The topological polar surface area (TPSA) is 52.9 Å². The average Bonchev–Trinajstić information content (AvgIpc) is 2.02. The van der Waals surface area contributed by atoms with Crippen LogP contribution in [0.25, 0.3) is 0 Å². The summed E-state index contributed by atoms with van der Waals surface area (Å²) >= 11 is 0. The van der Waals surface area contributed by atoms with Gasteiger partial charge in [0.05, 0.1) is 21.8 Å². The van der Waals surface area contributed by atoms with Crippen LogP contribution in [0.5, 0.6) is 0 Å². The molecular formula is C9H18N2OS. The second kappa shape index (κ2) is 4.21. The maximum absolute atomic E-state index is 11.6. The Bertz CT molecular complexity index is 239. The maximum Gasteiger partial charge on any atom is 0.114 e. The van der Waals surface area contributed by atoms with E-state index in [9.17, 15) is 4.21 Å². The highest BCUT2D eigenvalue weighted by Gasteiger charge is 2.29. The Morgan fingerprint density at radius 1 is 1.38 bits per heavy atom. The predicted molar refractivity (Wildman–Crippen MR) is 55.3 cm³/mol. The van der Waals surface area contributed by atoms with Crippen LogP contribution in [0.3, 0.4) is 0 Å². The van der Waals surface area contributed by atoms with Gasteiger partial charge in [0.2, 0.25) is 0 Å². The maximum atomic E-state index is 11.6. The van der Waals surface area contributed by atoms with E-state index in [2.05, 4.69) is 10.8 Å². The van der Waals surface area contributed by atoms with Gasteiger partial charge in [0, 0.05) is 0 Å². The fourth-order valence-electron chi connectivity index (χ4n) is 0.532. The number of nitrogens with one attached hydrogen (secondary N) is 1. The van der Waals surface area contributed by atoms with Gasteiger partial charge in [0.15, 0.2) is 0 Å². The van der Waals surface area contributed by atoms with Crippen molar-refractivity contribution < 1.29 is 4.21 Å². The van der Waals surface area contributed by atoms with Crippen LogP contribution < -0.4 is 4.72 Å². The van der Waals surface area contributed by atoms with Gasteiger partial charge in [-0.1, -0.05) is 6.92 Å². The summed E-state index contributed by atoms with van der Waals surface area (Å²) in [7, 11) is -1.18. The monoisotopic (exact) mass is 202 g/mol. The third-order valence-corrected chi connectivity index (χ3v) is 3.58. The van der Waals surface area contributed by atoms with Crippen LogP contribution in [0.1, 0.15) is 41.0 Å². The Morgan fingerprint density at radius 2 is 1.85 bits per heavy atom. The van der Waals surface area contributed by atoms with Crippen molar-refractivity contribution in [1.82, 2.24) is 4.72 Å². The molecule has 0 aromatic carbocycles. The van der Waals surface area contributed by atoms with Gasteiger partial charge in [-0.2, -0.15) is 5.26 Å². The molecule has 0 bridgehead atoms. The fourth-order valence-corrected chi connectivity index (χ4v) is 1.44. The lowest BCUT2D eigenvalue weighted by molar-refractivity contribution is 0.513. The SMILES string of the molecule is CC[C@@](C)(C#N)N[S@](=O)C(C)(C)C. The zero-order valence-electron chi connectivity index (χ0n) is 8.97. The normalized spacial score (nSPS) is 18.8. The lowest BCUT2D eigenvalue weighted by Gasteiger charge is -2.26. The first-order valence-corrected chi connectivity index (χ1v) is 5.51. The molecule has 0 aliphatic rings. The molecule has 1 N–H and O–H groups in total. The summed E-state index contributed by atoms with van der Waals surface area (Å²) in [6.45, 7) is 9.30. The summed E-state index contributed by atoms with van der Waals surface area (Å²) in [5, 5.41) is 8.85. The van der Waals surface area contributed by atoms with E-state index in [1.165, 1.54) is 0 Å². The van der Waals surface area contributed by atoms with Crippen molar-refractivity contribution in [2.24, 2.45) is 0 Å². The molecule has 3 nitrogen and oxygen atoms in total. The molecule has 76 valence electrons. The highest BCUT2D eigenvalue weighted by Crippen LogP contribution is 2.15. The van der Waals surface area contributed by atoms with Crippen molar-refractivity contribution in [3.63, 3.8) is 0 Å². The molecule has 0 saturated heterocycles. The van der Waals surface area contributed by atoms with Gasteiger partial charge < -0.3 is 0 Å². The van der Waals surface area contributed by atoms with Crippen molar-refractivity contribution in [1.29, 1.82) is 5.26 Å². The molecule has 2 atom stereocenters. The van der Waals surface area contributed by atoms with Gasteiger partial charge in [0.1, 0.15) is 5.54 Å². The molecule has 0 aliphatic carbocycles. The molecule has 0 rings (SSSR count). The zero-order chi connectivity index (χ0) is 10.7. The van der Waals surface area contributed by atoms with E-state index in [0.717, 1.165) is 0 Å². The van der Waals surface area contributed by atoms with Crippen molar-refractivity contribution in [2.45, 2.75) is 51.3 Å².